The van der Waals surface area contributed by atoms with Crippen LogP contribution in [0.3, 0.4) is 0 Å². The molecule has 1 fully saturated rings. The van der Waals surface area contributed by atoms with Crippen LogP contribution in [0.2, 0.25) is 0 Å². The van der Waals surface area contributed by atoms with E-state index in [0.29, 0.717) is 17.9 Å². The summed E-state index contributed by atoms with van der Waals surface area (Å²) in [5.41, 5.74) is 0.571. The fraction of sp³-hybridized carbons (Fsp3) is 0.278. The first-order valence-corrected chi connectivity index (χ1v) is 7.79. The van der Waals surface area contributed by atoms with Gasteiger partial charge in [-0.05, 0) is 43.3 Å². The summed E-state index contributed by atoms with van der Waals surface area (Å²) in [5, 5.41) is 3.24. The molecule has 2 aromatic carbocycles. The Morgan fingerprint density at radius 1 is 1.12 bits per heavy atom. The van der Waals surface area contributed by atoms with Gasteiger partial charge in [-0.2, -0.15) is 0 Å². The van der Waals surface area contributed by atoms with Crippen LogP contribution < -0.4 is 10.1 Å². The zero-order valence-corrected chi connectivity index (χ0v) is 14.5. The van der Waals surface area contributed by atoms with Gasteiger partial charge in [0.1, 0.15) is 11.5 Å². The number of amides is 1. The fourth-order valence-electron chi connectivity index (χ4n) is 2.65. The molecule has 1 saturated heterocycles. The Labute approximate surface area is 151 Å². The number of hydrogen-bond donors (Lipinski definition) is 1. The first-order valence-electron chi connectivity index (χ1n) is 7.79. The molecular formula is C18H19ClF2N2O2. The van der Waals surface area contributed by atoms with E-state index in [9.17, 15) is 13.6 Å². The highest BCUT2D eigenvalue weighted by atomic mass is 35.5. The SMILES string of the molecule is C[C@@H]1CNCCN1C(=O)c1ccc(Oc2ccc(F)c(F)c2)cc1.Cl. The third kappa shape index (κ3) is 4.46. The molecule has 1 heterocycles. The molecule has 0 spiro atoms. The van der Waals surface area contributed by atoms with E-state index in [0.717, 1.165) is 25.2 Å². The van der Waals surface area contributed by atoms with Crippen LogP contribution in [-0.4, -0.2) is 36.5 Å². The van der Waals surface area contributed by atoms with Gasteiger partial charge in [0, 0.05) is 37.3 Å². The summed E-state index contributed by atoms with van der Waals surface area (Å²) in [4.78, 5) is 14.4. The van der Waals surface area contributed by atoms with Crippen molar-refractivity contribution in [3.05, 3.63) is 59.7 Å². The summed E-state index contributed by atoms with van der Waals surface area (Å²) in [6, 6.07) is 10.1. The van der Waals surface area contributed by atoms with Crippen molar-refractivity contribution in [2.75, 3.05) is 19.6 Å². The lowest BCUT2D eigenvalue weighted by Gasteiger charge is -2.34. The summed E-state index contributed by atoms with van der Waals surface area (Å²) in [6.45, 7) is 4.24. The van der Waals surface area contributed by atoms with Gasteiger partial charge in [0.25, 0.3) is 5.91 Å². The minimum atomic E-state index is -0.966. The molecule has 25 heavy (non-hydrogen) atoms. The molecule has 7 heteroatoms. The highest BCUT2D eigenvalue weighted by molar-refractivity contribution is 5.94. The second kappa shape index (κ2) is 8.27. The third-order valence-corrected chi connectivity index (χ3v) is 3.99. The van der Waals surface area contributed by atoms with Crippen LogP contribution in [-0.2, 0) is 0 Å². The van der Waals surface area contributed by atoms with Crippen LogP contribution in [0.15, 0.2) is 42.5 Å². The molecule has 1 N–H and O–H groups in total. The van der Waals surface area contributed by atoms with Crippen LogP contribution in [0, 0.1) is 11.6 Å². The number of nitrogens with zero attached hydrogens (tertiary/aromatic N) is 1. The Morgan fingerprint density at radius 3 is 2.44 bits per heavy atom. The van der Waals surface area contributed by atoms with Crippen molar-refractivity contribution in [1.82, 2.24) is 10.2 Å². The number of hydrogen-bond acceptors (Lipinski definition) is 3. The predicted octanol–water partition coefficient (Wildman–Crippen LogP) is 3.61. The molecule has 0 aliphatic carbocycles. The molecule has 1 aliphatic rings. The maximum atomic E-state index is 13.2. The number of piperazine rings is 1. The average molecular weight is 369 g/mol. The van der Waals surface area contributed by atoms with E-state index in [1.54, 1.807) is 24.3 Å². The Hall–Kier alpha value is -2.18. The minimum Gasteiger partial charge on any atom is -0.457 e. The van der Waals surface area contributed by atoms with E-state index < -0.39 is 11.6 Å². The number of carbonyl (C=O) groups excluding carboxylic acids is 1. The van der Waals surface area contributed by atoms with Gasteiger partial charge in [0.15, 0.2) is 11.6 Å². The van der Waals surface area contributed by atoms with Gasteiger partial charge >= 0.3 is 0 Å². The molecule has 1 atom stereocenters. The third-order valence-electron chi connectivity index (χ3n) is 3.99. The second-order valence-corrected chi connectivity index (χ2v) is 5.75. The van der Waals surface area contributed by atoms with Gasteiger partial charge in [-0.25, -0.2) is 8.78 Å². The zero-order valence-electron chi connectivity index (χ0n) is 13.7. The zero-order chi connectivity index (χ0) is 17.1. The van der Waals surface area contributed by atoms with Crippen LogP contribution in [0.1, 0.15) is 17.3 Å². The lowest BCUT2D eigenvalue weighted by molar-refractivity contribution is 0.0656. The maximum absolute atomic E-state index is 13.2. The van der Waals surface area contributed by atoms with Crippen LogP contribution in [0.25, 0.3) is 0 Å². The number of rotatable bonds is 3. The first-order chi connectivity index (χ1) is 11.5. The molecule has 0 aromatic heterocycles. The summed E-state index contributed by atoms with van der Waals surface area (Å²) in [7, 11) is 0. The Balaban J connectivity index is 0.00000225. The van der Waals surface area contributed by atoms with Crippen molar-refractivity contribution in [3.63, 3.8) is 0 Å². The normalized spacial score (nSPS) is 16.9. The topological polar surface area (TPSA) is 41.6 Å². The molecule has 1 aliphatic heterocycles. The second-order valence-electron chi connectivity index (χ2n) is 5.75. The molecule has 0 bridgehead atoms. The number of carbonyl (C=O) groups is 1. The first kappa shape index (κ1) is 19.1. The molecule has 0 radical (unpaired) electrons. The molecule has 2 aromatic rings. The summed E-state index contributed by atoms with van der Waals surface area (Å²) < 4.78 is 31.6. The van der Waals surface area contributed by atoms with Gasteiger partial charge in [-0.1, -0.05) is 0 Å². The fourth-order valence-corrected chi connectivity index (χ4v) is 2.65. The van der Waals surface area contributed by atoms with Gasteiger partial charge in [-0.3, -0.25) is 4.79 Å². The number of benzene rings is 2. The number of nitrogens with one attached hydrogen (secondary N) is 1. The van der Waals surface area contributed by atoms with Gasteiger partial charge < -0.3 is 15.0 Å². The van der Waals surface area contributed by atoms with E-state index in [-0.39, 0.29) is 30.1 Å². The minimum absolute atomic E-state index is 0. The maximum Gasteiger partial charge on any atom is 0.254 e. The standard InChI is InChI=1S/C18H18F2N2O2.ClH/c1-12-11-21-8-9-22(12)18(23)13-2-4-14(5-3-13)24-15-6-7-16(19)17(20)10-15;/h2-7,10,12,21H,8-9,11H2,1H3;1H/t12-;/m1./s1. The van der Waals surface area contributed by atoms with Crippen LogP contribution in [0.4, 0.5) is 8.78 Å². The van der Waals surface area contributed by atoms with E-state index in [1.165, 1.54) is 6.07 Å². The molecular weight excluding hydrogens is 350 g/mol. The summed E-state index contributed by atoms with van der Waals surface area (Å²) >= 11 is 0. The largest absolute Gasteiger partial charge is 0.457 e. The van der Waals surface area contributed by atoms with Crippen LogP contribution >= 0.6 is 12.4 Å². The Morgan fingerprint density at radius 2 is 1.80 bits per heavy atom. The highest BCUT2D eigenvalue weighted by Gasteiger charge is 2.23. The van der Waals surface area contributed by atoms with Crippen molar-refractivity contribution in [1.29, 1.82) is 0 Å². The van der Waals surface area contributed by atoms with Gasteiger partial charge in [0.2, 0.25) is 0 Å². The average Bonchev–Trinajstić information content (AvgIpc) is 2.59. The lowest BCUT2D eigenvalue weighted by atomic mass is 10.1. The number of halogens is 3. The summed E-state index contributed by atoms with van der Waals surface area (Å²) in [6.07, 6.45) is 0. The Bertz CT molecular complexity index is 740. The van der Waals surface area contributed by atoms with E-state index in [1.807, 2.05) is 11.8 Å². The van der Waals surface area contributed by atoms with E-state index in [2.05, 4.69) is 5.32 Å². The quantitative estimate of drug-likeness (QED) is 0.899. The van der Waals surface area contributed by atoms with Crippen molar-refractivity contribution >= 4 is 18.3 Å². The molecule has 3 rings (SSSR count). The van der Waals surface area contributed by atoms with Crippen LogP contribution in [0.5, 0.6) is 11.5 Å². The van der Waals surface area contributed by atoms with E-state index >= 15 is 0 Å². The van der Waals surface area contributed by atoms with E-state index in [4.69, 9.17) is 4.74 Å². The Kier molecular flexibility index (Phi) is 6.33. The number of ether oxygens (including phenoxy) is 1. The highest BCUT2D eigenvalue weighted by Crippen LogP contribution is 2.24. The van der Waals surface area contributed by atoms with Crippen molar-refractivity contribution < 1.29 is 18.3 Å². The van der Waals surface area contributed by atoms with Gasteiger partial charge in [0.05, 0.1) is 0 Å². The van der Waals surface area contributed by atoms with Crippen molar-refractivity contribution in [2.45, 2.75) is 13.0 Å². The predicted molar refractivity (Wildman–Crippen MR) is 93.5 cm³/mol. The lowest BCUT2D eigenvalue weighted by Crippen LogP contribution is -2.52. The molecule has 4 nitrogen and oxygen atoms in total. The monoisotopic (exact) mass is 368 g/mol. The summed E-state index contributed by atoms with van der Waals surface area (Å²) in [5.74, 6) is -1.27. The molecule has 1 amide bonds. The molecule has 134 valence electrons. The molecule has 0 saturated carbocycles. The van der Waals surface area contributed by atoms with Crippen molar-refractivity contribution in [2.24, 2.45) is 0 Å². The van der Waals surface area contributed by atoms with Gasteiger partial charge in [-0.15, -0.1) is 12.4 Å². The van der Waals surface area contributed by atoms with Crippen molar-refractivity contribution in [3.8, 4) is 11.5 Å². The smallest absolute Gasteiger partial charge is 0.254 e. The molecule has 0 unspecified atom stereocenters.